The second-order valence-corrected chi connectivity index (χ2v) is 5.35. The molecule has 0 spiro atoms. The van der Waals surface area contributed by atoms with E-state index in [9.17, 15) is 0 Å². The van der Waals surface area contributed by atoms with Gasteiger partial charge in [-0.15, -0.1) is 0 Å². The number of hydrogen-bond acceptors (Lipinski definition) is 1. The Balaban J connectivity index is 1.87. The summed E-state index contributed by atoms with van der Waals surface area (Å²) in [6.45, 7) is 2.37. The van der Waals surface area contributed by atoms with Crippen molar-refractivity contribution >= 4 is 5.69 Å². The topological polar surface area (TPSA) is 12.0 Å². The molecule has 3 rings (SSSR count). The highest BCUT2D eigenvalue weighted by molar-refractivity contribution is 5.49. The van der Waals surface area contributed by atoms with Crippen LogP contribution in [0.1, 0.15) is 19.8 Å². The largest absolute Gasteiger partial charge is 0.378 e. The summed E-state index contributed by atoms with van der Waals surface area (Å²) in [6, 6.07) is 10.9. The van der Waals surface area contributed by atoms with Crippen molar-refractivity contribution in [2.75, 3.05) is 5.32 Å². The summed E-state index contributed by atoms with van der Waals surface area (Å²) in [4.78, 5) is 0. The van der Waals surface area contributed by atoms with Gasteiger partial charge >= 0.3 is 0 Å². The van der Waals surface area contributed by atoms with E-state index >= 15 is 0 Å². The Kier molecular flexibility index (Phi) is 2.83. The van der Waals surface area contributed by atoms with Crippen LogP contribution in [0.15, 0.2) is 66.3 Å². The molecular weight excluding hydrogens is 218 g/mol. The molecule has 2 unspecified atom stereocenters. The standard InChI is InChI=1S/C17H19N/c1-17-13-6-5-8-14(17)9-7-12-16(17)18-15-10-3-2-4-11-15/h2-5,7-12,16,18H,6,13H2,1H3. The number of fused-ring (bicyclic) bond motifs is 1. The van der Waals surface area contributed by atoms with E-state index in [1.165, 1.54) is 24.1 Å². The van der Waals surface area contributed by atoms with Gasteiger partial charge < -0.3 is 5.32 Å². The summed E-state index contributed by atoms with van der Waals surface area (Å²) in [5.74, 6) is 0. The first-order chi connectivity index (χ1) is 8.79. The van der Waals surface area contributed by atoms with Crippen molar-refractivity contribution in [3.8, 4) is 0 Å². The number of anilines is 1. The van der Waals surface area contributed by atoms with Crippen molar-refractivity contribution < 1.29 is 0 Å². The molecule has 0 saturated carbocycles. The lowest BCUT2D eigenvalue weighted by molar-refractivity contribution is 0.340. The van der Waals surface area contributed by atoms with Crippen LogP contribution in [0.4, 0.5) is 5.69 Å². The van der Waals surface area contributed by atoms with Crippen LogP contribution in [0.2, 0.25) is 0 Å². The van der Waals surface area contributed by atoms with Crippen molar-refractivity contribution in [1.29, 1.82) is 0 Å². The second kappa shape index (κ2) is 4.49. The molecule has 0 fully saturated rings. The maximum Gasteiger partial charge on any atom is 0.0541 e. The third-order valence-electron chi connectivity index (χ3n) is 4.15. The lowest BCUT2D eigenvalue weighted by Crippen LogP contribution is -2.40. The Morgan fingerprint density at radius 3 is 2.89 bits per heavy atom. The molecule has 92 valence electrons. The van der Waals surface area contributed by atoms with Crippen LogP contribution >= 0.6 is 0 Å². The summed E-state index contributed by atoms with van der Waals surface area (Å²) in [5, 5.41) is 3.66. The molecule has 0 bridgehead atoms. The fourth-order valence-electron chi connectivity index (χ4n) is 2.91. The van der Waals surface area contributed by atoms with Crippen LogP contribution in [-0.2, 0) is 0 Å². The van der Waals surface area contributed by atoms with Crippen LogP contribution < -0.4 is 5.32 Å². The van der Waals surface area contributed by atoms with Crippen LogP contribution in [0.5, 0.6) is 0 Å². The van der Waals surface area contributed by atoms with E-state index in [4.69, 9.17) is 0 Å². The van der Waals surface area contributed by atoms with Gasteiger partial charge in [-0.3, -0.25) is 0 Å². The van der Waals surface area contributed by atoms with E-state index in [0.29, 0.717) is 6.04 Å². The molecule has 0 aromatic heterocycles. The lowest BCUT2D eigenvalue weighted by Gasteiger charge is -2.42. The van der Waals surface area contributed by atoms with Crippen LogP contribution in [0.25, 0.3) is 0 Å². The molecule has 2 atom stereocenters. The zero-order chi connectivity index (χ0) is 12.4. The molecule has 0 radical (unpaired) electrons. The molecule has 0 saturated heterocycles. The molecule has 1 N–H and O–H groups in total. The van der Waals surface area contributed by atoms with Gasteiger partial charge in [-0.05, 0) is 30.5 Å². The quantitative estimate of drug-likeness (QED) is 0.807. The van der Waals surface area contributed by atoms with Gasteiger partial charge in [0.05, 0.1) is 6.04 Å². The Morgan fingerprint density at radius 1 is 1.22 bits per heavy atom. The number of hydrogen-bond donors (Lipinski definition) is 1. The SMILES string of the molecule is CC12CCC=CC1=CC=CC2Nc1ccccc1. The molecule has 0 amide bonds. The van der Waals surface area contributed by atoms with Crippen LogP contribution in [0, 0.1) is 5.41 Å². The summed E-state index contributed by atoms with van der Waals surface area (Å²) >= 11 is 0. The molecule has 2 aliphatic carbocycles. The number of para-hydroxylation sites is 1. The van der Waals surface area contributed by atoms with E-state index in [0.717, 1.165) is 0 Å². The predicted octanol–water partition coefficient (Wildman–Crippen LogP) is 4.32. The average Bonchev–Trinajstić information content (AvgIpc) is 2.41. The van der Waals surface area contributed by atoms with E-state index in [2.05, 4.69) is 73.0 Å². The Hall–Kier alpha value is -1.76. The number of nitrogens with one attached hydrogen (secondary N) is 1. The minimum Gasteiger partial charge on any atom is -0.378 e. The zero-order valence-corrected chi connectivity index (χ0v) is 10.8. The summed E-state index contributed by atoms with van der Waals surface area (Å²) in [6.07, 6.45) is 13.7. The highest BCUT2D eigenvalue weighted by atomic mass is 14.9. The molecule has 1 heteroatoms. The van der Waals surface area contributed by atoms with Crippen LogP contribution in [0.3, 0.4) is 0 Å². The van der Waals surface area contributed by atoms with Crippen molar-refractivity contribution in [2.45, 2.75) is 25.8 Å². The van der Waals surface area contributed by atoms with Gasteiger partial charge in [0.15, 0.2) is 0 Å². The molecule has 1 aromatic rings. The third-order valence-corrected chi connectivity index (χ3v) is 4.15. The lowest BCUT2D eigenvalue weighted by atomic mass is 9.67. The van der Waals surface area contributed by atoms with Gasteiger partial charge in [0.1, 0.15) is 0 Å². The van der Waals surface area contributed by atoms with E-state index in [1.54, 1.807) is 0 Å². The van der Waals surface area contributed by atoms with Crippen molar-refractivity contribution in [3.63, 3.8) is 0 Å². The normalized spacial score (nSPS) is 29.6. The molecule has 1 nitrogen and oxygen atoms in total. The second-order valence-electron chi connectivity index (χ2n) is 5.35. The van der Waals surface area contributed by atoms with Crippen molar-refractivity contribution in [3.05, 3.63) is 66.3 Å². The Labute approximate surface area is 109 Å². The minimum atomic E-state index is 0.222. The van der Waals surface area contributed by atoms with E-state index in [1.807, 2.05) is 0 Å². The first kappa shape index (κ1) is 11.3. The maximum atomic E-state index is 3.66. The highest BCUT2D eigenvalue weighted by Crippen LogP contribution is 2.43. The van der Waals surface area contributed by atoms with Gasteiger partial charge in [-0.1, -0.05) is 55.5 Å². The average molecular weight is 237 g/mol. The first-order valence-electron chi connectivity index (χ1n) is 6.66. The van der Waals surface area contributed by atoms with Gasteiger partial charge in [0, 0.05) is 11.1 Å². The third kappa shape index (κ3) is 1.90. The van der Waals surface area contributed by atoms with Gasteiger partial charge in [0.25, 0.3) is 0 Å². The van der Waals surface area contributed by atoms with Gasteiger partial charge in [0.2, 0.25) is 0 Å². The number of rotatable bonds is 2. The summed E-state index contributed by atoms with van der Waals surface area (Å²) in [5.41, 5.74) is 2.87. The minimum absolute atomic E-state index is 0.222. The molecule has 1 aromatic carbocycles. The molecule has 0 aliphatic heterocycles. The zero-order valence-electron chi connectivity index (χ0n) is 10.8. The first-order valence-corrected chi connectivity index (χ1v) is 6.66. The van der Waals surface area contributed by atoms with E-state index in [-0.39, 0.29) is 5.41 Å². The number of allylic oxidation sites excluding steroid dienone is 4. The van der Waals surface area contributed by atoms with Crippen LogP contribution in [-0.4, -0.2) is 6.04 Å². The summed E-state index contributed by atoms with van der Waals surface area (Å²) < 4.78 is 0. The molecular formula is C17H19N. The monoisotopic (exact) mass is 237 g/mol. The fraction of sp³-hybridized carbons (Fsp3) is 0.294. The van der Waals surface area contributed by atoms with Gasteiger partial charge in [-0.2, -0.15) is 0 Å². The molecule has 18 heavy (non-hydrogen) atoms. The smallest absolute Gasteiger partial charge is 0.0541 e. The highest BCUT2D eigenvalue weighted by Gasteiger charge is 2.37. The summed E-state index contributed by atoms with van der Waals surface area (Å²) in [7, 11) is 0. The predicted molar refractivity (Wildman–Crippen MR) is 77.6 cm³/mol. The van der Waals surface area contributed by atoms with Crippen molar-refractivity contribution in [1.82, 2.24) is 0 Å². The Morgan fingerprint density at radius 2 is 2.06 bits per heavy atom. The molecule has 2 aliphatic rings. The molecule has 0 heterocycles. The number of benzene rings is 1. The Bertz CT molecular complexity index is 510. The van der Waals surface area contributed by atoms with E-state index < -0.39 is 0 Å². The maximum absolute atomic E-state index is 3.66. The fourth-order valence-corrected chi connectivity index (χ4v) is 2.91. The van der Waals surface area contributed by atoms with Crippen molar-refractivity contribution in [2.24, 2.45) is 5.41 Å². The van der Waals surface area contributed by atoms with Gasteiger partial charge in [-0.25, -0.2) is 0 Å².